The summed E-state index contributed by atoms with van der Waals surface area (Å²) in [5.41, 5.74) is 8.16. The molecule has 0 saturated carbocycles. The molecule has 0 unspecified atom stereocenters. The van der Waals surface area contributed by atoms with Crippen LogP contribution < -0.4 is 11.1 Å². The fraction of sp³-hybridized carbons (Fsp3) is 0.0909. The first-order chi connectivity index (χ1) is 8.16. The van der Waals surface area contributed by atoms with Crippen molar-refractivity contribution in [2.75, 3.05) is 5.73 Å². The predicted molar refractivity (Wildman–Crippen MR) is 64.1 cm³/mol. The summed E-state index contributed by atoms with van der Waals surface area (Å²) in [7, 11) is 0. The van der Waals surface area contributed by atoms with Gasteiger partial charge in [-0.1, -0.05) is 0 Å². The van der Waals surface area contributed by atoms with Crippen molar-refractivity contribution in [1.82, 2.24) is 10.3 Å². The van der Waals surface area contributed by atoms with E-state index in [1.54, 1.807) is 5.51 Å². The van der Waals surface area contributed by atoms with Gasteiger partial charge in [-0.2, -0.15) is 0 Å². The average Bonchev–Trinajstić information content (AvgIpc) is 2.82. The number of amides is 1. The van der Waals surface area contributed by atoms with Crippen LogP contribution in [0.25, 0.3) is 0 Å². The average molecular weight is 251 g/mol. The molecule has 1 heterocycles. The number of nitrogens with zero attached hydrogens (tertiary/aromatic N) is 1. The lowest BCUT2D eigenvalue weighted by molar-refractivity contribution is 0.0950. The van der Waals surface area contributed by atoms with Crippen molar-refractivity contribution in [2.45, 2.75) is 6.54 Å². The maximum Gasteiger partial charge on any atom is 0.251 e. The van der Waals surface area contributed by atoms with Crippen LogP contribution in [-0.2, 0) is 6.54 Å². The second-order valence-electron chi connectivity index (χ2n) is 3.40. The molecule has 1 aromatic carbocycles. The highest BCUT2D eigenvalue weighted by atomic mass is 32.1. The third kappa shape index (κ3) is 2.79. The number of aromatic nitrogens is 1. The van der Waals surface area contributed by atoms with E-state index in [-0.39, 0.29) is 11.6 Å². The van der Waals surface area contributed by atoms with E-state index in [9.17, 15) is 9.18 Å². The van der Waals surface area contributed by atoms with Gasteiger partial charge in [-0.15, -0.1) is 11.3 Å². The number of rotatable bonds is 3. The molecular weight excluding hydrogens is 241 g/mol. The Hall–Kier alpha value is -1.95. The molecule has 17 heavy (non-hydrogen) atoms. The van der Waals surface area contributed by atoms with Gasteiger partial charge in [0.15, 0.2) is 0 Å². The molecule has 0 radical (unpaired) electrons. The second-order valence-corrected chi connectivity index (χ2v) is 4.12. The van der Waals surface area contributed by atoms with Gasteiger partial charge in [-0.05, 0) is 18.2 Å². The molecule has 0 fully saturated rings. The van der Waals surface area contributed by atoms with Crippen LogP contribution >= 0.6 is 11.3 Å². The fourth-order valence-electron chi connectivity index (χ4n) is 1.28. The Morgan fingerprint density at radius 1 is 1.53 bits per heavy atom. The second kappa shape index (κ2) is 4.92. The van der Waals surface area contributed by atoms with Crippen molar-refractivity contribution in [1.29, 1.82) is 0 Å². The zero-order chi connectivity index (χ0) is 12.3. The van der Waals surface area contributed by atoms with E-state index in [0.717, 1.165) is 5.69 Å². The van der Waals surface area contributed by atoms with E-state index in [2.05, 4.69) is 10.3 Å². The summed E-state index contributed by atoms with van der Waals surface area (Å²) < 4.78 is 12.9. The lowest BCUT2D eigenvalue weighted by atomic mass is 10.2. The van der Waals surface area contributed by atoms with E-state index in [1.165, 1.54) is 29.5 Å². The molecule has 2 aromatic rings. The summed E-state index contributed by atoms with van der Waals surface area (Å²) in [5, 5.41) is 4.52. The Kier molecular flexibility index (Phi) is 3.34. The van der Waals surface area contributed by atoms with Crippen LogP contribution in [-0.4, -0.2) is 10.9 Å². The summed E-state index contributed by atoms with van der Waals surface area (Å²) in [5.74, 6) is -0.828. The van der Waals surface area contributed by atoms with E-state index in [1.807, 2.05) is 5.38 Å². The van der Waals surface area contributed by atoms with Gasteiger partial charge in [-0.3, -0.25) is 4.79 Å². The van der Waals surface area contributed by atoms with Crippen LogP contribution in [0.1, 0.15) is 16.1 Å². The first-order valence-electron chi connectivity index (χ1n) is 4.87. The van der Waals surface area contributed by atoms with Gasteiger partial charge in [-0.25, -0.2) is 9.37 Å². The molecule has 0 bridgehead atoms. The third-order valence-corrected chi connectivity index (χ3v) is 2.81. The largest absolute Gasteiger partial charge is 0.396 e. The Labute approximate surface area is 101 Å². The number of hydrogen-bond acceptors (Lipinski definition) is 4. The van der Waals surface area contributed by atoms with Crippen molar-refractivity contribution in [3.05, 3.63) is 46.2 Å². The summed E-state index contributed by atoms with van der Waals surface area (Å²) >= 11 is 1.46. The maximum atomic E-state index is 12.9. The minimum Gasteiger partial charge on any atom is -0.396 e. The highest BCUT2D eigenvalue weighted by Gasteiger charge is 2.08. The Morgan fingerprint density at radius 2 is 2.35 bits per heavy atom. The quantitative estimate of drug-likeness (QED) is 0.817. The van der Waals surface area contributed by atoms with E-state index < -0.39 is 5.82 Å². The number of nitrogens with one attached hydrogen (secondary N) is 1. The maximum absolute atomic E-state index is 12.9. The number of anilines is 1. The molecule has 1 amide bonds. The minimum absolute atomic E-state index is 0.0358. The Balaban J connectivity index is 2.02. The van der Waals surface area contributed by atoms with Crippen molar-refractivity contribution < 1.29 is 9.18 Å². The molecule has 6 heteroatoms. The number of hydrogen-bond donors (Lipinski definition) is 2. The number of carbonyl (C=O) groups excluding carboxylic acids is 1. The fourth-order valence-corrected chi connectivity index (χ4v) is 1.84. The monoisotopic (exact) mass is 251 g/mol. The molecular formula is C11H10FN3OS. The van der Waals surface area contributed by atoms with E-state index >= 15 is 0 Å². The third-order valence-electron chi connectivity index (χ3n) is 2.17. The first kappa shape index (κ1) is 11.5. The van der Waals surface area contributed by atoms with Crippen LogP contribution in [0, 0.1) is 5.82 Å². The van der Waals surface area contributed by atoms with Gasteiger partial charge in [0.25, 0.3) is 5.91 Å². The van der Waals surface area contributed by atoms with Gasteiger partial charge >= 0.3 is 0 Å². The molecule has 0 spiro atoms. The summed E-state index contributed by atoms with van der Waals surface area (Å²) in [6.07, 6.45) is 0. The standard InChI is InChI=1S/C11H10FN3OS/c12-9-2-1-7(3-10(9)13)11(16)14-4-8-5-17-6-15-8/h1-3,5-6H,4,13H2,(H,14,16). The van der Waals surface area contributed by atoms with Gasteiger partial charge < -0.3 is 11.1 Å². The summed E-state index contributed by atoms with van der Waals surface area (Å²) in [6.45, 7) is 0.347. The van der Waals surface area contributed by atoms with Gasteiger partial charge in [0, 0.05) is 10.9 Å². The topological polar surface area (TPSA) is 68.0 Å². The van der Waals surface area contributed by atoms with E-state index in [4.69, 9.17) is 5.73 Å². The molecule has 2 rings (SSSR count). The highest BCUT2D eigenvalue weighted by Crippen LogP contribution is 2.12. The SMILES string of the molecule is Nc1cc(C(=O)NCc2cscn2)ccc1F. The number of thiazole rings is 1. The molecule has 0 saturated heterocycles. The highest BCUT2D eigenvalue weighted by molar-refractivity contribution is 7.07. The molecule has 3 N–H and O–H groups in total. The predicted octanol–water partition coefficient (Wildman–Crippen LogP) is 1.79. The molecule has 0 atom stereocenters. The molecule has 0 aliphatic rings. The number of benzene rings is 1. The summed E-state index contributed by atoms with van der Waals surface area (Å²) in [4.78, 5) is 15.7. The van der Waals surface area contributed by atoms with Crippen LogP contribution in [0.5, 0.6) is 0 Å². The Morgan fingerprint density at radius 3 is 3.00 bits per heavy atom. The number of halogens is 1. The number of nitrogen functional groups attached to an aromatic ring is 1. The lowest BCUT2D eigenvalue weighted by Crippen LogP contribution is -2.23. The molecule has 0 aliphatic heterocycles. The van der Waals surface area contributed by atoms with Gasteiger partial charge in [0.05, 0.1) is 23.4 Å². The Bertz CT molecular complexity index is 528. The van der Waals surface area contributed by atoms with Crippen LogP contribution in [0.3, 0.4) is 0 Å². The first-order valence-corrected chi connectivity index (χ1v) is 5.81. The van der Waals surface area contributed by atoms with Crippen LogP contribution in [0.2, 0.25) is 0 Å². The van der Waals surface area contributed by atoms with Crippen molar-refractivity contribution in [3.63, 3.8) is 0 Å². The zero-order valence-electron chi connectivity index (χ0n) is 8.81. The number of carbonyl (C=O) groups is 1. The molecule has 0 aliphatic carbocycles. The van der Waals surface area contributed by atoms with Crippen molar-refractivity contribution in [2.24, 2.45) is 0 Å². The molecule has 4 nitrogen and oxygen atoms in total. The lowest BCUT2D eigenvalue weighted by Gasteiger charge is -2.04. The van der Waals surface area contributed by atoms with Crippen LogP contribution in [0.4, 0.5) is 10.1 Å². The van der Waals surface area contributed by atoms with E-state index in [0.29, 0.717) is 12.1 Å². The van der Waals surface area contributed by atoms with Crippen molar-refractivity contribution in [3.8, 4) is 0 Å². The smallest absolute Gasteiger partial charge is 0.251 e. The zero-order valence-corrected chi connectivity index (χ0v) is 9.63. The van der Waals surface area contributed by atoms with Crippen molar-refractivity contribution >= 4 is 22.9 Å². The van der Waals surface area contributed by atoms with Gasteiger partial charge in [0.2, 0.25) is 0 Å². The summed E-state index contributed by atoms with van der Waals surface area (Å²) in [6, 6.07) is 3.88. The minimum atomic E-state index is -0.527. The van der Waals surface area contributed by atoms with Crippen LogP contribution in [0.15, 0.2) is 29.1 Å². The normalized spacial score (nSPS) is 10.2. The molecule has 1 aromatic heterocycles. The molecule has 88 valence electrons. The van der Waals surface area contributed by atoms with Gasteiger partial charge in [0.1, 0.15) is 5.82 Å². The number of nitrogens with two attached hydrogens (primary N) is 1.